The van der Waals surface area contributed by atoms with Gasteiger partial charge in [0, 0.05) is 17.1 Å². The summed E-state index contributed by atoms with van der Waals surface area (Å²) in [5.41, 5.74) is -0.852. The zero-order valence-corrected chi connectivity index (χ0v) is 20.2. The molecule has 0 aliphatic carbocycles. The van der Waals surface area contributed by atoms with E-state index in [-0.39, 0.29) is 31.0 Å². The summed E-state index contributed by atoms with van der Waals surface area (Å²) in [7, 11) is 0. The first-order valence-electron chi connectivity index (χ1n) is 11.1. The van der Waals surface area contributed by atoms with Crippen molar-refractivity contribution in [3.8, 4) is 0 Å². The predicted molar refractivity (Wildman–Crippen MR) is 123 cm³/mol. The van der Waals surface area contributed by atoms with Crippen LogP contribution in [0.3, 0.4) is 0 Å². The van der Waals surface area contributed by atoms with Crippen LogP contribution in [0, 0.1) is 0 Å². The van der Waals surface area contributed by atoms with Crippen LogP contribution in [0.15, 0.2) is 24.3 Å². The van der Waals surface area contributed by atoms with Crippen LogP contribution in [0.2, 0.25) is 5.02 Å². The zero-order valence-electron chi connectivity index (χ0n) is 19.4. The van der Waals surface area contributed by atoms with Crippen molar-refractivity contribution < 1.29 is 19.2 Å². The van der Waals surface area contributed by atoms with Crippen molar-refractivity contribution in [2.75, 3.05) is 13.1 Å². The van der Waals surface area contributed by atoms with Crippen molar-refractivity contribution in [2.45, 2.75) is 71.5 Å². The van der Waals surface area contributed by atoms with Gasteiger partial charge in [0.1, 0.15) is 18.6 Å². The summed E-state index contributed by atoms with van der Waals surface area (Å²) in [5, 5.41) is 6.11. The number of halogens is 1. The van der Waals surface area contributed by atoms with E-state index in [1.54, 1.807) is 31.2 Å². The Hall–Kier alpha value is -2.61. The molecule has 1 aliphatic rings. The molecule has 8 nitrogen and oxygen atoms in total. The monoisotopic (exact) mass is 464 g/mol. The van der Waals surface area contributed by atoms with E-state index in [0.717, 1.165) is 17.7 Å². The first-order chi connectivity index (χ1) is 15.1. The number of urea groups is 1. The lowest BCUT2D eigenvalue weighted by Crippen LogP contribution is -2.51. The molecule has 9 heteroatoms. The third-order valence-electron chi connectivity index (χ3n) is 6.00. The molecule has 1 fully saturated rings. The minimum absolute atomic E-state index is 0.0696. The van der Waals surface area contributed by atoms with Crippen LogP contribution in [0.1, 0.15) is 59.4 Å². The second-order valence-electron chi connectivity index (χ2n) is 8.23. The molecule has 5 amide bonds. The normalized spacial score (nSPS) is 20.3. The van der Waals surface area contributed by atoms with Gasteiger partial charge in [-0.25, -0.2) is 4.79 Å². The number of amides is 5. The average Bonchev–Trinajstić information content (AvgIpc) is 2.95. The minimum Gasteiger partial charge on any atom is -0.352 e. The van der Waals surface area contributed by atoms with Crippen LogP contribution in [0.25, 0.3) is 0 Å². The van der Waals surface area contributed by atoms with Crippen LogP contribution in [0.4, 0.5) is 4.79 Å². The number of benzene rings is 1. The highest BCUT2D eigenvalue weighted by Gasteiger charge is 2.58. The highest BCUT2D eigenvalue weighted by Crippen LogP contribution is 2.40. The SMILES string of the molecule is CC[C@@H](C)NC(=O)CN1C(=O)N(CC(=O)N[C@@H](C)CC)C(=O)[C@@]1(CC)c1ccc(Cl)cc1. The highest BCUT2D eigenvalue weighted by atomic mass is 35.5. The molecule has 1 saturated heterocycles. The van der Waals surface area contributed by atoms with Crippen molar-refractivity contribution in [1.29, 1.82) is 0 Å². The molecule has 1 aliphatic heterocycles. The van der Waals surface area contributed by atoms with Crippen molar-refractivity contribution in [3.63, 3.8) is 0 Å². The third kappa shape index (κ3) is 5.23. The molecule has 0 unspecified atom stereocenters. The molecule has 3 atom stereocenters. The Morgan fingerprint density at radius 3 is 1.91 bits per heavy atom. The number of carbonyl (C=O) groups excluding carboxylic acids is 4. The number of hydrogen-bond acceptors (Lipinski definition) is 4. The van der Waals surface area contributed by atoms with Gasteiger partial charge in [0.2, 0.25) is 11.8 Å². The molecule has 0 radical (unpaired) electrons. The zero-order chi connectivity index (χ0) is 24.1. The molecular weight excluding hydrogens is 432 g/mol. The van der Waals surface area contributed by atoms with Gasteiger partial charge in [-0.15, -0.1) is 0 Å². The topological polar surface area (TPSA) is 98.8 Å². The minimum atomic E-state index is -1.40. The number of carbonyl (C=O) groups is 4. The third-order valence-corrected chi connectivity index (χ3v) is 6.25. The molecule has 2 N–H and O–H groups in total. The molecule has 1 aromatic carbocycles. The lowest BCUT2D eigenvalue weighted by atomic mass is 9.85. The van der Waals surface area contributed by atoms with E-state index >= 15 is 0 Å². The standard InChI is InChI=1S/C23H33ClN4O4/c1-6-15(4)25-19(29)13-27-21(31)23(8-3,17-9-11-18(24)12-10-17)28(22(27)32)14-20(30)26-16(5)7-2/h9-12,15-16H,6-8,13-14H2,1-5H3,(H,25,29)(H,26,30)/t15-,16+,23+/m0/s1. The summed E-state index contributed by atoms with van der Waals surface area (Å²) in [6, 6.07) is 5.83. The molecule has 0 bridgehead atoms. The largest absolute Gasteiger partial charge is 0.352 e. The van der Waals surface area contributed by atoms with Crippen molar-refractivity contribution in [1.82, 2.24) is 20.4 Å². The fourth-order valence-electron chi connectivity index (χ4n) is 3.76. The molecule has 0 aromatic heterocycles. The summed E-state index contributed by atoms with van der Waals surface area (Å²) in [5.74, 6) is -1.31. The molecular formula is C23H33ClN4O4. The van der Waals surface area contributed by atoms with E-state index in [9.17, 15) is 19.2 Å². The molecule has 0 saturated carbocycles. The number of imide groups is 1. The summed E-state index contributed by atoms with van der Waals surface area (Å²) >= 11 is 6.03. The van der Waals surface area contributed by atoms with Gasteiger partial charge >= 0.3 is 6.03 Å². The number of nitrogens with one attached hydrogen (secondary N) is 2. The first kappa shape index (κ1) is 25.6. The quantitative estimate of drug-likeness (QED) is 0.520. The maximum atomic E-state index is 13.6. The number of nitrogens with zero attached hydrogens (tertiary/aromatic N) is 2. The van der Waals surface area contributed by atoms with E-state index in [2.05, 4.69) is 10.6 Å². The lowest BCUT2D eigenvalue weighted by Gasteiger charge is -2.34. The van der Waals surface area contributed by atoms with Crippen LogP contribution < -0.4 is 10.6 Å². The highest BCUT2D eigenvalue weighted by molar-refractivity contribution is 6.30. The number of hydrogen-bond donors (Lipinski definition) is 2. The van der Waals surface area contributed by atoms with Gasteiger partial charge in [-0.3, -0.25) is 24.2 Å². The Labute approximate surface area is 194 Å². The molecule has 176 valence electrons. The van der Waals surface area contributed by atoms with Crippen LogP contribution in [0.5, 0.6) is 0 Å². The summed E-state index contributed by atoms with van der Waals surface area (Å²) in [6.07, 6.45) is 1.69. The molecule has 0 spiro atoms. The Bertz CT molecular complexity index is 860. The van der Waals surface area contributed by atoms with Crippen LogP contribution in [-0.4, -0.2) is 58.7 Å². The van der Waals surface area contributed by atoms with E-state index in [0.29, 0.717) is 10.6 Å². The van der Waals surface area contributed by atoms with Crippen molar-refractivity contribution in [2.24, 2.45) is 0 Å². The lowest BCUT2D eigenvalue weighted by molar-refractivity contribution is -0.137. The van der Waals surface area contributed by atoms with Crippen molar-refractivity contribution in [3.05, 3.63) is 34.9 Å². The van der Waals surface area contributed by atoms with Gasteiger partial charge in [-0.1, -0.05) is 44.5 Å². The van der Waals surface area contributed by atoms with E-state index in [1.165, 1.54) is 4.90 Å². The smallest absolute Gasteiger partial charge is 0.328 e. The van der Waals surface area contributed by atoms with Gasteiger partial charge in [0.15, 0.2) is 0 Å². The van der Waals surface area contributed by atoms with Crippen LogP contribution >= 0.6 is 11.6 Å². The first-order valence-corrected chi connectivity index (χ1v) is 11.5. The van der Waals surface area contributed by atoms with Crippen molar-refractivity contribution >= 4 is 35.4 Å². The Morgan fingerprint density at radius 1 is 0.938 bits per heavy atom. The van der Waals surface area contributed by atoms with Gasteiger partial charge in [0.05, 0.1) is 0 Å². The second-order valence-corrected chi connectivity index (χ2v) is 8.67. The van der Waals surface area contributed by atoms with Gasteiger partial charge in [-0.05, 0) is 50.8 Å². The predicted octanol–water partition coefficient (Wildman–Crippen LogP) is 3.04. The molecule has 1 aromatic rings. The van der Waals surface area contributed by atoms with E-state index in [4.69, 9.17) is 11.6 Å². The number of rotatable bonds is 10. The summed E-state index contributed by atoms with van der Waals surface area (Å²) in [4.78, 5) is 54.4. The van der Waals surface area contributed by atoms with E-state index < -0.39 is 29.9 Å². The summed E-state index contributed by atoms with van der Waals surface area (Å²) < 4.78 is 0. The fourth-order valence-corrected chi connectivity index (χ4v) is 3.89. The molecule has 1 heterocycles. The molecule has 32 heavy (non-hydrogen) atoms. The Kier molecular flexibility index (Phi) is 8.66. The Morgan fingerprint density at radius 2 is 1.44 bits per heavy atom. The maximum Gasteiger partial charge on any atom is 0.328 e. The maximum absolute atomic E-state index is 13.6. The van der Waals surface area contributed by atoms with Gasteiger partial charge < -0.3 is 10.6 Å². The molecule has 2 rings (SSSR count). The Balaban J connectivity index is 2.44. The van der Waals surface area contributed by atoms with Gasteiger partial charge in [-0.2, -0.15) is 0 Å². The second kappa shape index (κ2) is 10.8. The van der Waals surface area contributed by atoms with Gasteiger partial charge in [0.25, 0.3) is 5.91 Å². The summed E-state index contributed by atoms with van der Waals surface area (Å²) in [6.45, 7) is 8.67. The van der Waals surface area contributed by atoms with Crippen LogP contribution in [-0.2, 0) is 19.9 Å². The fraction of sp³-hybridized carbons (Fsp3) is 0.565. The van der Waals surface area contributed by atoms with E-state index in [1.807, 2.05) is 27.7 Å². The average molecular weight is 465 g/mol.